The van der Waals surface area contributed by atoms with Crippen LogP contribution in [-0.2, 0) is 11.4 Å². The number of carboxylic acids is 1. The summed E-state index contributed by atoms with van der Waals surface area (Å²) in [4.78, 5) is 28.8. The van der Waals surface area contributed by atoms with Crippen LogP contribution in [-0.4, -0.2) is 34.5 Å². The topological polar surface area (TPSA) is 112 Å². The molecule has 3 aromatic rings. The second kappa shape index (κ2) is 9.47. The smallest absolute Gasteiger partial charge is 0.332 e. The van der Waals surface area contributed by atoms with Crippen molar-refractivity contribution in [1.82, 2.24) is 4.98 Å². The second-order valence-corrected chi connectivity index (χ2v) is 9.54. The zero-order valence-electron chi connectivity index (χ0n) is 19.0. The number of nitrogens with zero attached hydrogens (tertiary/aromatic N) is 1. The zero-order valence-corrected chi connectivity index (χ0v) is 19.8. The third-order valence-corrected chi connectivity index (χ3v) is 6.26. The van der Waals surface area contributed by atoms with Gasteiger partial charge in [0.2, 0.25) is 5.78 Å². The number of halogens is 2. The van der Waals surface area contributed by atoms with Crippen molar-refractivity contribution in [2.75, 3.05) is 7.11 Å². The van der Waals surface area contributed by atoms with Gasteiger partial charge in [0.25, 0.3) is 0 Å². The molecule has 0 spiro atoms. The summed E-state index contributed by atoms with van der Waals surface area (Å²) in [7, 11) is 1.37. The van der Waals surface area contributed by atoms with Crippen molar-refractivity contribution in [3.05, 3.63) is 64.1 Å². The molecule has 0 bridgehead atoms. The van der Waals surface area contributed by atoms with Crippen LogP contribution in [0.1, 0.15) is 36.3 Å². The molecule has 0 fully saturated rings. The molecule has 1 aromatic heterocycles. The molecule has 10 heteroatoms. The minimum atomic E-state index is -2.13. The van der Waals surface area contributed by atoms with Crippen LogP contribution in [0.15, 0.2) is 41.8 Å². The van der Waals surface area contributed by atoms with Crippen molar-refractivity contribution in [2.24, 2.45) is 11.1 Å². The molecular weight excluding hydrogens is 466 g/mol. The van der Waals surface area contributed by atoms with E-state index >= 15 is 0 Å². The van der Waals surface area contributed by atoms with Gasteiger partial charge in [-0.25, -0.2) is 18.6 Å². The largest absolute Gasteiger partial charge is 0.496 e. The van der Waals surface area contributed by atoms with Crippen molar-refractivity contribution < 1.29 is 33.0 Å². The van der Waals surface area contributed by atoms with Crippen LogP contribution in [0, 0.1) is 17.0 Å². The number of ether oxygens (including phenoxy) is 2. The molecule has 3 N–H and O–H groups in total. The lowest BCUT2D eigenvalue weighted by Gasteiger charge is -2.35. The Bertz CT molecular complexity index is 1220. The predicted octanol–water partition coefficient (Wildman–Crippen LogP) is 4.69. The Kier molecular flexibility index (Phi) is 7.04. The van der Waals surface area contributed by atoms with Gasteiger partial charge in [0, 0.05) is 17.0 Å². The van der Waals surface area contributed by atoms with E-state index in [1.165, 1.54) is 12.5 Å². The highest BCUT2D eigenvalue weighted by atomic mass is 32.1. The van der Waals surface area contributed by atoms with Gasteiger partial charge in [-0.05, 0) is 29.2 Å². The van der Waals surface area contributed by atoms with Gasteiger partial charge in [-0.1, -0.05) is 32.9 Å². The van der Waals surface area contributed by atoms with Crippen molar-refractivity contribution in [1.29, 1.82) is 0 Å². The zero-order chi connectivity index (χ0) is 25.3. The summed E-state index contributed by atoms with van der Waals surface area (Å²) in [6, 6.07) is 8.66. The first-order valence-corrected chi connectivity index (χ1v) is 11.0. The lowest BCUT2D eigenvalue weighted by Crippen LogP contribution is -2.63. The van der Waals surface area contributed by atoms with Crippen LogP contribution in [0.5, 0.6) is 11.5 Å². The number of hydrogen-bond acceptors (Lipinski definition) is 7. The second-order valence-electron chi connectivity index (χ2n) is 8.60. The molecule has 1 heterocycles. The van der Waals surface area contributed by atoms with Gasteiger partial charge in [0.1, 0.15) is 28.8 Å². The Balaban J connectivity index is 1.73. The highest BCUT2D eigenvalue weighted by molar-refractivity contribution is 7.09. The molecule has 0 saturated carbocycles. The van der Waals surface area contributed by atoms with Crippen molar-refractivity contribution in [3.63, 3.8) is 0 Å². The average Bonchev–Trinajstić information content (AvgIpc) is 3.26. The third-order valence-electron chi connectivity index (χ3n) is 5.43. The maximum Gasteiger partial charge on any atom is 0.332 e. The third kappa shape index (κ3) is 4.78. The Hall–Kier alpha value is -3.37. The van der Waals surface area contributed by atoms with Crippen LogP contribution < -0.4 is 15.2 Å². The molecule has 34 heavy (non-hydrogen) atoms. The number of aromatic nitrogens is 1. The monoisotopic (exact) mass is 490 g/mol. The number of aliphatic carboxylic acids is 1. The minimum absolute atomic E-state index is 0.0337. The number of thiazole rings is 1. The number of Topliss-reactive ketones (excluding diaryl/α,β-unsaturated/α-hetero) is 1. The number of nitrogens with two attached hydrogens (primary N) is 1. The molecule has 1 unspecified atom stereocenters. The van der Waals surface area contributed by atoms with Crippen LogP contribution in [0.2, 0.25) is 0 Å². The van der Waals surface area contributed by atoms with E-state index < -0.39 is 34.3 Å². The van der Waals surface area contributed by atoms with E-state index in [1.807, 2.05) is 0 Å². The van der Waals surface area contributed by atoms with E-state index in [-0.39, 0.29) is 18.1 Å². The molecule has 0 aliphatic carbocycles. The van der Waals surface area contributed by atoms with Gasteiger partial charge in [-0.2, -0.15) is 0 Å². The number of benzene rings is 2. The van der Waals surface area contributed by atoms with Gasteiger partial charge < -0.3 is 20.3 Å². The van der Waals surface area contributed by atoms with E-state index in [2.05, 4.69) is 4.98 Å². The van der Waals surface area contributed by atoms with Gasteiger partial charge in [-0.3, -0.25) is 4.79 Å². The summed E-state index contributed by atoms with van der Waals surface area (Å²) < 4.78 is 38.0. The van der Waals surface area contributed by atoms with Crippen LogP contribution in [0.3, 0.4) is 0 Å². The van der Waals surface area contributed by atoms with E-state index in [4.69, 9.17) is 15.2 Å². The van der Waals surface area contributed by atoms with E-state index in [0.717, 1.165) is 23.5 Å². The summed E-state index contributed by atoms with van der Waals surface area (Å²) in [6.45, 7) is 4.77. The van der Waals surface area contributed by atoms with E-state index in [0.29, 0.717) is 21.9 Å². The number of carbonyl (C=O) groups is 2. The van der Waals surface area contributed by atoms with Gasteiger partial charge >= 0.3 is 5.97 Å². The van der Waals surface area contributed by atoms with E-state index in [9.17, 15) is 23.5 Å². The predicted molar refractivity (Wildman–Crippen MR) is 123 cm³/mol. The first kappa shape index (κ1) is 25.3. The van der Waals surface area contributed by atoms with Gasteiger partial charge in [0.05, 0.1) is 7.11 Å². The number of ketones is 1. The van der Waals surface area contributed by atoms with E-state index in [1.54, 1.807) is 45.0 Å². The summed E-state index contributed by atoms with van der Waals surface area (Å²) in [5, 5.41) is 11.5. The van der Waals surface area contributed by atoms with Crippen LogP contribution in [0.4, 0.5) is 8.78 Å². The Morgan fingerprint density at radius 3 is 2.29 bits per heavy atom. The SMILES string of the molecule is COc1cc(F)c(F)cc1-c1ccc(OCc2nc(C(=O)C(N)(C(=O)O)C(C)(C)C)cs2)cc1. The number of carbonyl (C=O) groups excluding carboxylic acids is 1. The first-order valence-electron chi connectivity index (χ1n) is 10.2. The molecule has 180 valence electrons. The minimum Gasteiger partial charge on any atom is -0.496 e. The number of methoxy groups -OCH3 is 1. The van der Waals surface area contributed by atoms with Gasteiger partial charge in [0.15, 0.2) is 17.2 Å². The van der Waals surface area contributed by atoms with Crippen LogP contribution in [0.25, 0.3) is 11.1 Å². The molecule has 0 amide bonds. The van der Waals surface area contributed by atoms with Crippen LogP contribution >= 0.6 is 11.3 Å². The lowest BCUT2D eigenvalue weighted by molar-refractivity contribution is -0.144. The fourth-order valence-corrected chi connectivity index (χ4v) is 3.93. The highest BCUT2D eigenvalue weighted by Gasteiger charge is 2.52. The maximum absolute atomic E-state index is 13.7. The maximum atomic E-state index is 13.7. The van der Waals surface area contributed by atoms with Crippen molar-refractivity contribution >= 4 is 23.1 Å². The standard InChI is InChI=1S/C24H24F2N2O5S/c1-23(2,3)24(27,22(30)31)21(29)18-12-34-20(28-18)11-33-14-7-5-13(6-8-14)15-9-16(25)17(26)10-19(15)32-4/h5-10,12H,11,27H2,1-4H3,(H,30,31). The number of carboxylic acid groups (broad SMARTS) is 1. The van der Waals surface area contributed by atoms with Gasteiger partial charge in [-0.15, -0.1) is 11.3 Å². The molecule has 3 rings (SSSR count). The molecule has 0 saturated heterocycles. The number of hydrogen-bond donors (Lipinski definition) is 2. The molecule has 0 aliphatic heterocycles. The normalized spacial score (nSPS) is 13.3. The van der Waals surface area contributed by atoms with Crippen molar-refractivity contribution in [3.8, 4) is 22.6 Å². The summed E-state index contributed by atoms with van der Waals surface area (Å²) >= 11 is 1.14. The fourth-order valence-electron chi connectivity index (χ4n) is 3.24. The number of rotatable bonds is 8. The molecule has 7 nitrogen and oxygen atoms in total. The summed E-state index contributed by atoms with van der Waals surface area (Å²) in [5.74, 6) is -3.52. The first-order chi connectivity index (χ1) is 15.9. The fraction of sp³-hybridized carbons (Fsp3) is 0.292. The molecule has 0 radical (unpaired) electrons. The summed E-state index contributed by atoms with van der Waals surface area (Å²) in [5.41, 5.74) is 3.78. The molecule has 1 atom stereocenters. The lowest BCUT2D eigenvalue weighted by atomic mass is 9.71. The molecule has 2 aromatic carbocycles. The molecular formula is C24H24F2N2O5S. The summed E-state index contributed by atoms with van der Waals surface area (Å²) in [6.07, 6.45) is 0. The van der Waals surface area contributed by atoms with Crippen molar-refractivity contribution in [2.45, 2.75) is 32.9 Å². The Labute approximate surface area is 199 Å². The average molecular weight is 491 g/mol. The molecule has 0 aliphatic rings. The Morgan fingerprint density at radius 1 is 1.12 bits per heavy atom. The quantitative estimate of drug-likeness (QED) is 0.348. The Morgan fingerprint density at radius 2 is 1.74 bits per heavy atom. The highest BCUT2D eigenvalue weighted by Crippen LogP contribution is 2.34.